The maximum Gasteiger partial charge on any atom is 0.0186 e. The van der Waals surface area contributed by atoms with Crippen molar-refractivity contribution < 1.29 is 0 Å². The van der Waals surface area contributed by atoms with E-state index >= 15 is 0 Å². The molecular formula is C8H16N2. The van der Waals surface area contributed by atoms with Gasteiger partial charge in [0.05, 0.1) is 0 Å². The number of nitrogens with one attached hydrogen (secondary N) is 1. The number of rotatable bonds is 1. The van der Waals surface area contributed by atoms with E-state index in [9.17, 15) is 0 Å². The van der Waals surface area contributed by atoms with Crippen LogP contribution in [-0.4, -0.2) is 18.6 Å². The van der Waals surface area contributed by atoms with Gasteiger partial charge >= 0.3 is 0 Å². The Bertz CT molecular complexity index is 129. The van der Waals surface area contributed by atoms with Gasteiger partial charge in [-0.15, -0.1) is 0 Å². The van der Waals surface area contributed by atoms with E-state index in [1.165, 1.54) is 32.2 Å². The first kappa shape index (κ1) is 6.62. The normalized spacial score (nSPS) is 36.3. The molecule has 10 heavy (non-hydrogen) atoms. The Balaban J connectivity index is 1.91. The molecule has 0 aromatic heterocycles. The largest absolute Gasteiger partial charge is 0.330 e. The zero-order valence-corrected chi connectivity index (χ0v) is 6.40. The van der Waals surface area contributed by atoms with Crippen LogP contribution >= 0.6 is 0 Å². The van der Waals surface area contributed by atoms with Crippen molar-refractivity contribution in [1.82, 2.24) is 5.32 Å². The number of hydrogen-bond donors (Lipinski definition) is 2. The summed E-state index contributed by atoms with van der Waals surface area (Å²) in [4.78, 5) is 0. The smallest absolute Gasteiger partial charge is 0.0186 e. The number of nitrogens with two attached hydrogens (primary N) is 1. The van der Waals surface area contributed by atoms with Crippen LogP contribution in [-0.2, 0) is 0 Å². The fraction of sp³-hybridized carbons (Fsp3) is 1.00. The summed E-state index contributed by atoms with van der Waals surface area (Å²) < 4.78 is 0. The Morgan fingerprint density at radius 2 is 2.30 bits per heavy atom. The predicted molar refractivity (Wildman–Crippen MR) is 41.7 cm³/mol. The van der Waals surface area contributed by atoms with Crippen molar-refractivity contribution in [3.05, 3.63) is 0 Å². The highest BCUT2D eigenvalue weighted by atomic mass is 15.0. The van der Waals surface area contributed by atoms with Crippen LogP contribution in [0.15, 0.2) is 0 Å². The van der Waals surface area contributed by atoms with Gasteiger partial charge in [-0.1, -0.05) is 0 Å². The highest BCUT2D eigenvalue weighted by Gasteiger charge is 2.45. The first-order chi connectivity index (χ1) is 4.85. The van der Waals surface area contributed by atoms with Crippen molar-refractivity contribution in [2.75, 3.05) is 13.1 Å². The second-order valence-corrected chi connectivity index (χ2v) is 3.80. The van der Waals surface area contributed by atoms with Crippen LogP contribution in [0.25, 0.3) is 0 Å². The molecule has 1 aliphatic heterocycles. The molecule has 1 aliphatic carbocycles. The lowest BCUT2D eigenvalue weighted by Crippen LogP contribution is -2.41. The highest BCUT2D eigenvalue weighted by Crippen LogP contribution is 2.43. The molecule has 2 fully saturated rings. The minimum Gasteiger partial charge on any atom is -0.330 e. The lowest BCUT2D eigenvalue weighted by Gasteiger charge is -2.29. The fourth-order valence-electron chi connectivity index (χ4n) is 2.00. The molecule has 2 rings (SSSR count). The first-order valence-electron chi connectivity index (χ1n) is 4.30. The number of hydrogen-bond acceptors (Lipinski definition) is 2. The standard InChI is InChI=1S/C8H16N2/c9-6-7-1-4-10-8(5-7)2-3-8/h7,10H,1-6,9H2/t7-/m1/s1. The van der Waals surface area contributed by atoms with E-state index in [0.717, 1.165) is 12.5 Å². The van der Waals surface area contributed by atoms with Crippen molar-refractivity contribution in [2.45, 2.75) is 31.2 Å². The maximum atomic E-state index is 5.62. The molecule has 58 valence electrons. The average Bonchev–Trinajstić information content (AvgIpc) is 2.70. The SMILES string of the molecule is NC[C@@H]1CCNC2(CC2)C1. The lowest BCUT2D eigenvalue weighted by atomic mass is 9.91. The van der Waals surface area contributed by atoms with E-state index < -0.39 is 0 Å². The Morgan fingerprint density at radius 3 is 2.90 bits per heavy atom. The van der Waals surface area contributed by atoms with Gasteiger partial charge in [-0.2, -0.15) is 0 Å². The van der Waals surface area contributed by atoms with Gasteiger partial charge in [0.25, 0.3) is 0 Å². The second kappa shape index (κ2) is 2.21. The summed E-state index contributed by atoms with van der Waals surface area (Å²) in [6.07, 6.45) is 5.41. The molecule has 1 atom stereocenters. The zero-order chi connectivity index (χ0) is 7.03. The van der Waals surface area contributed by atoms with E-state index in [-0.39, 0.29) is 0 Å². The van der Waals surface area contributed by atoms with E-state index in [1.807, 2.05) is 0 Å². The average molecular weight is 140 g/mol. The van der Waals surface area contributed by atoms with Crippen LogP contribution in [0.1, 0.15) is 25.7 Å². The minimum atomic E-state index is 0.572. The topological polar surface area (TPSA) is 38.0 Å². The Morgan fingerprint density at radius 1 is 1.50 bits per heavy atom. The van der Waals surface area contributed by atoms with Crippen molar-refractivity contribution in [3.8, 4) is 0 Å². The molecule has 1 saturated carbocycles. The molecule has 0 bridgehead atoms. The Labute approximate surface area is 62.2 Å². The van der Waals surface area contributed by atoms with Crippen LogP contribution in [0, 0.1) is 5.92 Å². The fourth-order valence-corrected chi connectivity index (χ4v) is 2.00. The summed E-state index contributed by atoms with van der Waals surface area (Å²) in [5.74, 6) is 0.809. The Hall–Kier alpha value is -0.0800. The predicted octanol–water partition coefficient (Wildman–Crippen LogP) is 0.477. The van der Waals surface area contributed by atoms with Gasteiger partial charge < -0.3 is 11.1 Å². The Kier molecular flexibility index (Phi) is 1.46. The van der Waals surface area contributed by atoms with Gasteiger partial charge in [-0.25, -0.2) is 0 Å². The van der Waals surface area contributed by atoms with Gasteiger partial charge in [0.2, 0.25) is 0 Å². The van der Waals surface area contributed by atoms with Crippen LogP contribution in [0.3, 0.4) is 0 Å². The molecule has 0 aromatic carbocycles. The van der Waals surface area contributed by atoms with Crippen molar-refractivity contribution in [1.29, 1.82) is 0 Å². The molecule has 2 heteroatoms. The third-order valence-corrected chi connectivity index (χ3v) is 2.92. The van der Waals surface area contributed by atoms with E-state index in [1.54, 1.807) is 0 Å². The summed E-state index contributed by atoms with van der Waals surface area (Å²) in [5.41, 5.74) is 6.20. The zero-order valence-electron chi connectivity index (χ0n) is 6.40. The van der Waals surface area contributed by atoms with E-state index in [0.29, 0.717) is 5.54 Å². The molecule has 0 aromatic rings. The molecule has 0 unspecified atom stereocenters. The number of piperidine rings is 1. The molecule has 1 saturated heterocycles. The van der Waals surface area contributed by atoms with Crippen molar-refractivity contribution >= 4 is 0 Å². The monoisotopic (exact) mass is 140 g/mol. The summed E-state index contributed by atoms with van der Waals surface area (Å²) in [6.45, 7) is 2.09. The minimum absolute atomic E-state index is 0.572. The van der Waals surface area contributed by atoms with Crippen LogP contribution < -0.4 is 11.1 Å². The molecule has 2 nitrogen and oxygen atoms in total. The second-order valence-electron chi connectivity index (χ2n) is 3.80. The maximum absolute atomic E-state index is 5.62. The van der Waals surface area contributed by atoms with Crippen LogP contribution in [0.5, 0.6) is 0 Å². The van der Waals surface area contributed by atoms with Crippen molar-refractivity contribution in [2.24, 2.45) is 11.7 Å². The molecule has 1 spiro atoms. The molecule has 0 radical (unpaired) electrons. The molecule has 3 N–H and O–H groups in total. The third-order valence-electron chi connectivity index (χ3n) is 2.92. The lowest BCUT2D eigenvalue weighted by molar-refractivity contribution is 0.292. The molecule has 2 aliphatic rings. The van der Waals surface area contributed by atoms with Crippen molar-refractivity contribution in [3.63, 3.8) is 0 Å². The third kappa shape index (κ3) is 1.06. The van der Waals surface area contributed by atoms with Gasteiger partial charge in [0.15, 0.2) is 0 Å². The highest BCUT2D eigenvalue weighted by molar-refractivity contribution is 5.05. The van der Waals surface area contributed by atoms with Gasteiger partial charge in [0.1, 0.15) is 0 Å². The molecule has 0 amide bonds. The van der Waals surface area contributed by atoms with Gasteiger partial charge in [0, 0.05) is 5.54 Å². The summed E-state index contributed by atoms with van der Waals surface area (Å²) >= 11 is 0. The van der Waals surface area contributed by atoms with Crippen LogP contribution in [0.4, 0.5) is 0 Å². The first-order valence-corrected chi connectivity index (χ1v) is 4.30. The van der Waals surface area contributed by atoms with Gasteiger partial charge in [-0.3, -0.25) is 0 Å². The summed E-state index contributed by atoms with van der Waals surface area (Å²) in [7, 11) is 0. The van der Waals surface area contributed by atoms with E-state index in [4.69, 9.17) is 5.73 Å². The summed E-state index contributed by atoms with van der Waals surface area (Å²) in [6, 6.07) is 0. The quantitative estimate of drug-likeness (QED) is 0.556. The van der Waals surface area contributed by atoms with Crippen LogP contribution in [0.2, 0.25) is 0 Å². The molecular weight excluding hydrogens is 124 g/mol. The summed E-state index contributed by atoms with van der Waals surface area (Å²) in [5, 5.41) is 3.58. The molecule has 1 heterocycles. The van der Waals surface area contributed by atoms with Gasteiger partial charge in [-0.05, 0) is 44.7 Å². The van der Waals surface area contributed by atoms with E-state index in [2.05, 4.69) is 5.32 Å².